The second-order valence-electron chi connectivity index (χ2n) is 5.99. The van der Waals surface area contributed by atoms with Crippen LogP contribution in [0.1, 0.15) is 23.3 Å². The minimum absolute atomic E-state index is 0.0328. The molecule has 0 saturated heterocycles. The number of aliphatic hydroxyl groups excluding tert-OH is 1. The van der Waals surface area contributed by atoms with Gasteiger partial charge in [0.25, 0.3) is 0 Å². The molecule has 0 spiro atoms. The Balaban J connectivity index is 1.74. The zero-order valence-corrected chi connectivity index (χ0v) is 13.8. The molecule has 1 aromatic heterocycles. The van der Waals surface area contributed by atoms with E-state index >= 15 is 0 Å². The molecule has 1 aromatic carbocycles. The van der Waals surface area contributed by atoms with Crippen LogP contribution in [0.3, 0.4) is 0 Å². The normalized spacial score (nSPS) is 18.0. The molecule has 1 aliphatic heterocycles. The highest BCUT2D eigenvalue weighted by Crippen LogP contribution is 2.28. The molecule has 0 amide bonds. The first kappa shape index (κ1) is 17.1. The van der Waals surface area contributed by atoms with E-state index in [9.17, 15) is 10.1 Å². The number of hydrogen-bond acceptors (Lipinski definition) is 5. The molecule has 0 fully saturated rings. The van der Waals surface area contributed by atoms with Gasteiger partial charge in [0.2, 0.25) is 0 Å². The summed E-state index contributed by atoms with van der Waals surface area (Å²) in [5, 5.41) is 19.9. The highest BCUT2D eigenvalue weighted by Gasteiger charge is 2.22. The van der Waals surface area contributed by atoms with Gasteiger partial charge < -0.3 is 9.52 Å². The Kier molecular flexibility index (Phi) is 5.11. The summed E-state index contributed by atoms with van der Waals surface area (Å²) in [5.41, 5.74) is 3.26. The monoisotopic (exact) mass is 340 g/mol. The average molecular weight is 340 g/mol. The van der Waals surface area contributed by atoms with Crippen LogP contribution in [0.5, 0.6) is 0 Å². The largest absolute Gasteiger partial charge is 0.433 e. The van der Waals surface area contributed by atoms with Crippen molar-refractivity contribution >= 4 is 11.5 Å². The van der Waals surface area contributed by atoms with Crippen LogP contribution in [0.25, 0.3) is 5.57 Å². The van der Waals surface area contributed by atoms with E-state index in [-0.39, 0.29) is 18.5 Å². The van der Waals surface area contributed by atoms with Gasteiger partial charge >= 0.3 is 5.88 Å². The summed E-state index contributed by atoms with van der Waals surface area (Å²) in [6.45, 7) is 5.25. The third-order valence-electron chi connectivity index (χ3n) is 4.40. The lowest BCUT2D eigenvalue weighted by molar-refractivity contribution is -0.402. The van der Waals surface area contributed by atoms with Gasteiger partial charge in [-0.3, -0.25) is 15.0 Å². The minimum Gasteiger partial charge on any atom is -0.404 e. The van der Waals surface area contributed by atoms with E-state index in [0.717, 1.165) is 24.1 Å². The van der Waals surface area contributed by atoms with Gasteiger partial charge in [0, 0.05) is 12.6 Å². The zero-order chi connectivity index (χ0) is 17.8. The van der Waals surface area contributed by atoms with E-state index in [2.05, 4.69) is 17.6 Å². The fourth-order valence-corrected chi connectivity index (χ4v) is 3.02. The molecule has 130 valence electrons. The van der Waals surface area contributed by atoms with Crippen LogP contribution in [0, 0.1) is 10.1 Å². The van der Waals surface area contributed by atoms with Gasteiger partial charge in [0.15, 0.2) is 0 Å². The van der Waals surface area contributed by atoms with E-state index in [1.54, 1.807) is 6.07 Å². The Bertz CT molecular complexity index is 792. The Labute approximate surface area is 145 Å². The molecule has 2 aromatic rings. The van der Waals surface area contributed by atoms with Crippen LogP contribution in [0.2, 0.25) is 0 Å². The zero-order valence-electron chi connectivity index (χ0n) is 13.8. The number of furan rings is 1. The van der Waals surface area contributed by atoms with Crippen molar-refractivity contribution in [3.63, 3.8) is 0 Å². The molecule has 1 N–H and O–H groups in total. The minimum atomic E-state index is -0.529. The fraction of sp³-hybridized carbons (Fsp3) is 0.263. The van der Waals surface area contributed by atoms with Crippen LogP contribution in [0.4, 0.5) is 5.88 Å². The summed E-state index contributed by atoms with van der Waals surface area (Å²) >= 11 is 0. The number of benzene rings is 1. The lowest BCUT2D eigenvalue weighted by atomic mass is 9.95. The molecule has 3 rings (SSSR count). The van der Waals surface area contributed by atoms with Gasteiger partial charge in [-0.2, -0.15) is 0 Å². The van der Waals surface area contributed by atoms with Crippen molar-refractivity contribution in [1.82, 2.24) is 4.90 Å². The summed E-state index contributed by atoms with van der Waals surface area (Å²) in [6.07, 6.45) is 4.88. The van der Waals surface area contributed by atoms with Crippen molar-refractivity contribution in [1.29, 1.82) is 0 Å². The topological polar surface area (TPSA) is 79.8 Å². The number of nitro groups is 1. The first-order chi connectivity index (χ1) is 12.1. The quantitative estimate of drug-likeness (QED) is 0.494. The van der Waals surface area contributed by atoms with Crippen LogP contribution >= 0.6 is 0 Å². The second kappa shape index (κ2) is 7.46. The van der Waals surface area contributed by atoms with Gasteiger partial charge in [0.05, 0.1) is 19.2 Å². The Morgan fingerprint density at radius 2 is 2.08 bits per heavy atom. The molecule has 0 saturated carbocycles. The molecule has 1 unspecified atom stereocenters. The number of aliphatic hydroxyl groups is 1. The van der Waals surface area contributed by atoms with Crippen molar-refractivity contribution in [2.45, 2.75) is 25.6 Å². The molecule has 1 aliphatic rings. The third-order valence-corrected chi connectivity index (χ3v) is 4.40. The molecule has 0 aliphatic carbocycles. The summed E-state index contributed by atoms with van der Waals surface area (Å²) in [7, 11) is 0. The van der Waals surface area contributed by atoms with Crippen molar-refractivity contribution in [2.24, 2.45) is 0 Å². The summed E-state index contributed by atoms with van der Waals surface area (Å²) in [5.74, 6) is 0.338. The molecular formula is C19H20N2O4. The van der Waals surface area contributed by atoms with E-state index in [1.807, 2.05) is 30.3 Å². The van der Waals surface area contributed by atoms with Crippen molar-refractivity contribution in [2.75, 3.05) is 6.54 Å². The Morgan fingerprint density at radius 3 is 2.68 bits per heavy atom. The van der Waals surface area contributed by atoms with Crippen LogP contribution in [-0.2, 0) is 13.2 Å². The Morgan fingerprint density at radius 1 is 1.32 bits per heavy atom. The maximum atomic E-state index is 10.7. The lowest BCUT2D eigenvalue weighted by Gasteiger charge is -2.32. The third kappa shape index (κ3) is 3.87. The SMILES string of the molecule is C=CC1C=C(c2ccc(CO)cc2)CCN1Cc1ccc([N+](=O)[O-])o1. The first-order valence-electron chi connectivity index (χ1n) is 8.11. The predicted molar refractivity (Wildman–Crippen MR) is 94.7 cm³/mol. The van der Waals surface area contributed by atoms with Gasteiger partial charge in [0.1, 0.15) is 10.7 Å². The van der Waals surface area contributed by atoms with Gasteiger partial charge in [-0.25, -0.2) is 0 Å². The molecular weight excluding hydrogens is 320 g/mol. The van der Waals surface area contributed by atoms with E-state index in [1.165, 1.54) is 11.6 Å². The van der Waals surface area contributed by atoms with Crippen LogP contribution < -0.4 is 0 Å². The summed E-state index contributed by atoms with van der Waals surface area (Å²) < 4.78 is 5.26. The summed E-state index contributed by atoms with van der Waals surface area (Å²) in [6, 6.07) is 10.9. The van der Waals surface area contributed by atoms with Crippen LogP contribution in [0.15, 0.2) is 59.5 Å². The highest BCUT2D eigenvalue weighted by molar-refractivity contribution is 5.67. The lowest BCUT2D eigenvalue weighted by Crippen LogP contribution is -2.35. The maximum absolute atomic E-state index is 10.7. The van der Waals surface area contributed by atoms with Crippen LogP contribution in [-0.4, -0.2) is 27.5 Å². The van der Waals surface area contributed by atoms with Gasteiger partial charge in [-0.1, -0.05) is 36.4 Å². The smallest absolute Gasteiger partial charge is 0.404 e. The van der Waals surface area contributed by atoms with E-state index in [0.29, 0.717) is 12.3 Å². The number of hydrogen-bond donors (Lipinski definition) is 1. The molecule has 6 nitrogen and oxygen atoms in total. The Hall–Kier alpha value is -2.70. The van der Waals surface area contributed by atoms with Crippen molar-refractivity contribution in [3.8, 4) is 0 Å². The molecule has 0 bridgehead atoms. The van der Waals surface area contributed by atoms with Gasteiger partial charge in [-0.15, -0.1) is 6.58 Å². The first-order valence-corrected chi connectivity index (χ1v) is 8.11. The van der Waals surface area contributed by atoms with Crippen molar-refractivity contribution < 1.29 is 14.4 Å². The molecule has 2 heterocycles. The van der Waals surface area contributed by atoms with E-state index < -0.39 is 4.92 Å². The fourth-order valence-electron chi connectivity index (χ4n) is 3.02. The highest BCUT2D eigenvalue weighted by atomic mass is 16.6. The summed E-state index contributed by atoms with van der Waals surface area (Å²) in [4.78, 5) is 12.4. The molecule has 0 radical (unpaired) electrons. The molecule has 25 heavy (non-hydrogen) atoms. The predicted octanol–water partition coefficient (Wildman–Crippen LogP) is 3.52. The van der Waals surface area contributed by atoms with E-state index in [4.69, 9.17) is 9.52 Å². The molecule has 6 heteroatoms. The average Bonchev–Trinajstić information content (AvgIpc) is 3.11. The standard InChI is InChI=1S/C19H20N2O4/c1-2-17-11-16(15-5-3-14(13-22)4-6-15)9-10-20(17)12-18-7-8-19(25-18)21(23)24/h2-8,11,17,22H,1,9-10,12-13H2. The molecule has 1 atom stereocenters. The number of rotatable bonds is 6. The van der Waals surface area contributed by atoms with Gasteiger partial charge in [-0.05, 0) is 29.2 Å². The maximum Gasteiger partial charge on any atom is 0.433 e. The van der Waals surface area contributed by atoms with Crippen molar-refractivity contribution in [3.05, 3.63) is 82.1 Å². The second-order valence-corrected chi connectivity index (χ2v) is 5.99. The number of nitrogens with zero attached hydrogens (tertiary/aromatic N) is 2.